The van der Waals surface area contributed by atoms with Gasteiger partial charge in [-0.15, -0.1) is 0 Å². The van der Waals surface area contributed by atoms with Crippen molar-refractivity contribution in [3.05, 3.63) is 122 Å². The number of fused-ring (bicyclic) bond motifs is 1. The maximum Gasteiger partial charge on any atom is 0.416 e. The third kappa shape index (κ3) is 5.16. The van der Waals surface area contributed by atoms with Gasteiger partial charge in [-0.3, -0.25) is 14.4 Å². The molecule has 1 aromatic heterocycles. The number of nitrogens with zero attached hydrogens (tertiary/aromatic N) is 1. The van der Waals surface area contributed by atoms with Crippen molar-refractivity contribution in [1.82, 2.24) is 9.88 Å². The molecule has 0 unspecified atom stereocenters. The average Bonchev–Trinajstić information content (AvgIpc) is 3.72. The summed E-state index contributed by atoms with van der Waals surface area (Å²) in [7, 11) is 0. The van der Waals surface area contributed by atoms with E-state index in [1.54, 1.807) is 16.8 Å². The van der Waals surface area contributed by atoms with E-state index in [2.05, 4.69) is 10.6 Å². The Morgan fingerprint density at radius 3 is 2.40 bits per heavy atom. The lowest BCUT2D eigenvalue weighted by Crippen LogP contribution is -2.21. The molecule has 2 heterocycles. The number of anilines is 1. The molecule has 0 bridgehead atoms. The maximum absolute atomic E-state index is 14.2. The Balaban J connectivity index is 1.50. The predicted octanol–water partition coefficient (Wildman–Crippen LogP) is 6.89. The average molecular weight is 600 g/mol. The number of halogens is 6. The molecular formula is C30H19ClF5N3O3. The molecular weight excluding hydrogens is 581 g/mol. The van der Waals surface area contributed by atoms with Gasteiger partial charge in [0.2, 0.25) is 0 Å². The lowest BCUT2D eigenvalue weighted by Gasteiger charge is -2.19. The van der Waals surface area contributed by atoms with Crippen LogP contribution in [0.1, 0.15) is 62.3 Å². The van der Waals surface area contributed by atoms with Crippen LogP contribution in [0.3, 0.4) is 0 Å². The summed E-state index contributed by atoms with van der Waals surface area (Å²) < 4.78 is 69.9. The Morgan fingerprint density at radius 1 is 0.929 bits per heavy atom. The Labute approximate surface area is 239 Å². The molecule has 0 saturated heterocycles. The number of nitrogens with one attached hydrogen (secondary N) is 2. The van der Waals surface area contributed by atoms with E-state index < -0.39 is 46.8 Å². The molecule has 0 radical (unpaired) electrons. The highest BCUT2D eigenvalue weighted by molar-refractivity contribution is 6.31. The van der Waals surface area contributed by atoms with Gasteiger partial charge >= 0.3 is 6.18 Å². The van der Waals surface area contributed by atoms with Crippen molar-refractivity contribution in [3.63, 3.8) is 0 Å². The summed E-state index contributed by atoms with van der Waals surface area (Å²) in [6.07, 6.45) is -1.61. The van der Waals surface area contributed by atoms with E-state index in [0.717, 1.165) is 25.0 Å². The van der Waals surface area contributed by atoms with Crippen LogP contribution < -0.4 is 16.2 Å². The number of amides is 2. The second kappa shape index (κ2) is 10.1. The Hall–Kier alpha value is -4.51. The maximum atomic E-state index is 14.2. The van der Waals surface area contributed by atoms with Gasteiger partial charge in [-0.05, 0) is 78.6 Å². The van der Waals surface area contributed by atoms with Crippen LogP contribution in [-0.4, -0.2) is 16.4 Å². The minimum absolute atomic E-state index is 0.00169. The zero-order valence-corrected chi connectivity index (χ0v) is 22.1. The van der Waals surface area contributed by atoms with Crippen LogP contribution in [0.25, 0.3) is 11.1 Å². The predicted molar refractivity (Wildman–Crippen MR) is 144 cm³/mol. The number of rotatable bonds is 5. The molecule has 42 heavy (non-hydrogen) atoms. The van der Waals surface area contributed by atoms with Crippen molar-refractivity contribution in [2.45, 2.75) is 31.1 Å². The van der Waals surface area contributed by atoms with Gasteiger partial charge in [-0.25, -0.2) is 8.78 Å². The number of alkyl halides is 3. The second-order valence-corrected chi connectivity index (χ2v) is 10.5. The van der Waals surface area contributed by atoms with Crippen molar-refractivity contribution < 1.29 is 31.5 Å². The summed E-state index contributed by atoms with van der Waals surface area (Å²) in [6, 6.07) is 9.95. The summed E-state index contributed by atoms with van der Waals surface area (Å²) in [6.45, 7) is 0. The summed E-state index contributed by atoms with van der Waals surface area (Å²) in [5.74, 6) is -3.56. The Kier molecular flexibility index (Phi) is 6.64. The fourth-order valence-corrected chi connectivity index (χ4v) is 5.29. The van der Waals surface area contributed by atoms with E-state index in [0.29, 0.717) is 23.3 Å². The van der Waals surface area contributed by atoms with E-state index in [-0.39, 0.29) is 45.1 Å². The molecule has 2 N–H and O–H groups in total. The lowest BCUT2D eigenvalue weighted by molar-refractivity contribution is -0.137. The van der Waals surface area contributed by atoms with Crippen LogP contribution in [0.4, 0.5) is 27.6 Å². The summed E-state index contributed by atoms with van der Waals surface area (Å²) in [4.78, 5) is 38.8. The number of carbonyl (C=O) groups is 2. The Bertz CT molecular complexity index is 1850. The smallest absolute Gasteiger partial charge is 0.341 e. The highest BCUT2D eigenvalue weighted by Crippen LogP contribution is 2.42. The molecule has 1 aliphatic heterocycles. The standard InChI is InChI=1S/C30H19ClF5N3O3/c31-23-5-2-18(32)12-21(23)27-26-22(29(42)38-27)9-15(14-1-6-25(40)39(13-14)20-3-4-20)10-24(26)37-28(41)16-7-17(30(34,35)36)11-19(33)8-16/h1-2,5-13,20,27H,3-4H2,(H,37,41)(H,38,42)/t27-/m1/s1. The van der Waals surface area contributed by atoms with Crippen LogP contribution in [0.15, 0.2) is 71.7 Å². The Morgan fingerprint density at radius 2 is 1.69 bits per heavy atom. The first-order chi connectivity index (χ1) is 19.9. The third-order valence-corrected chi connectivity index (χ3v) is 7.55. The fourth-order valence-electron chi connectivity index (χ4n) is 5.06. The molecule has 214 valence electrons. The van der Waals surface area contributed by atoms with Crippen LogP contribution in [-0.2, 0) is 6.18 Å². The second-order valence-electron chi connectivity index (χ2n) is 10.1. The first-order valence-electron chi connectivity index (χ1n) is 12.7. The van der Waals surface area contributed by atoms with Gasteiger partial charge in [0.25, 0.3) is 17.4 Å². The van der Waals surface area contributed by atoms with Gasteiger partial charge in [0.1, 0.15) is 11.6 Å². The molecule has 1 saturated carbocycles. The number of carbonyl (C=O) groups excluding carboxylic acids is 2. The molecule has 1 fully saturated rings. The van der Waals surface area contributed by atoms with Crippen molar-refractivity contribution in [1.29, 1.82) is 0 Å². The molecule has 12 heteroatoms. The van der Waals surface area contributed by atoms with Crippen molar-refractivity contribution >= 4 is 29.1 Å². The first-order valence-corrected chi connectivity index (χ1v) is 13.1. The molecule has 3 aromatic carbocycles. The van der Waals surface area contributed by atoms with E-state index in [1.165, 1.54) is 24.3 Å². The quantitative estimate of drug-likeness (QED) is 0.245. The number of aromatic nitrogens is 1. The van der Waals surface area contributed by atoms with Crippen molar-refractivity contribution in [3.8, 4) is 11.1 Å². The van der Waals surface area contributed by atoms with Crippen LogP contribution >= 0.6 is 11.6 Å². The highest BCUT2D eigenvalue weighted by Gasteiger charge is 2.36. The van der Waals surface area contributed by atoms with Gasteiger partial charge in [-0.1, -0.05) is 11.6 Å². The van der Waals surface area contributed by atoms with Gasteiger partial charge in [0.15, 0.2) is 0 Å². The summed E-state index contributed by atoms with van der Waals surface area (Å²) in [5, 5.41) is 5.35. The SMILES string of the molecule is O=C(Nc1cc(-c2ccc(=O)n(C3CC3)c2)cc2c1[C@@H](c1cc(F)ccc1Cl)NC2=O)c1cc(F)cc(C(F)(F)F)c1. The monoisotopic (exact) mass is 599 g/mol. The number of benzene rings is 3. The first kappa shape index (κ1) is 27.6. The summed E-state index contributed by atoms with van der Waals surface area (Å²) >= 11 is 6.33. The number of hydrogen-bond donors (Lipinski definition) is 2. The number of hydrogen-bond acceptors (Lipinski definition) is 3. The zero-order valence-electron chi connectivity index (χ0n) is 21.4. The zero-order chi connectivity index (χ0) is 29.9. The van der Waals surface area contributed by atoms with Gasteiger partial charge in [0.05, 0.1) is 11.6 Å². The van der Waals surface area contributed by atoms with Crippen molar-refractivity contribution in [2.24, 2.45) is 0 Å². The summed E-state index contributed by atoms with van der Waals surface area (Å²) in [5.41, 5.74) is -0.768. The molecule has 2 aliphatic rings. The largest absolute Gasteiger partial charge is 0.416 e. The minimum Gasteiger partial charge on any atom is -0.341 e. The van der Waals surface area contributed by atoms with E-state index in [9.17, 15) is 36.3 Å². The molecule has 2 amide bonds. The topological polar surface area (TPSA) is 80.2 Å². The molecule has 6 nitrogen and oxygen atoms in total. The normalized spacial score (nSPS) is 16.2. The molecule has 0 spiro atoms. The van der Waals surface area contributed by atoms with E-state index in [4.69, 9.17) is 11.6 Å². The van der Waals surface area contributed by atoms with E-state index >= 15 is 0 Å². The van der Waals surface area contributed by atoms with Crippen molar-refractivity contribution in [2.75, 3.05) is 5.32 Å². The molecule has 1 aliphatic carbocycles. The van der Waals surface area contributed by atoms with Crippen LogP contribution in [0, 0.1) is 11.6 Å². The van der Waals surface area contributed by atoms with Crippen LogP contribution in [0.5, 0.6) is 0 Å². The van der Waals surface area contributed by atoms with E-state index in [1.807, 2.05) is 0 Å². The van der Waals surface area contributed by atoms with Crippen LogP contribution in [0.2, 0.25) is 5.02 Å². The van der Waals surface area contributed by atoms with Gasteiger partial charge in [-0.2, -0.15) is 13.2 Å². The lowest BCUT2D eigenvalue weighted by atomic mass is 9.93. The molecule has 1 atom stereocenters. The fraction of sp³-hybridized carbons (Fsp3) is 0.167. The van der Waals surface area contributed by atoms with Gasteiger partial charge < -0.3 is 15.2 Å². The third-order valence-electron chi connectivity index (χ3n) is 7.21. The molecule has 6 rings (SSSR count). The molecule has 4 aromatic rings. The minimum atomic E-state index is -4.90. The number of pyridine rings is 1. The highest BCUT2D eigenvalue weighted by atomic mass is 35.5. The van der Waals surface area contributed by atoms with Gasteiger partial charge in [0, 0.05) is 51.3 Å².